The van der Waals surface area contributed by atoms with Crippen LogP contribution >= 0.6 is 0 Å². The van der Waals surface area contributed by atoms with Crippen molar-refractivity contribution in [2.75, 3.05) is 81.6 Å². The molecule has 0 spiro atoms. The van der Waals surface area contributed by atoms with Crippen molar-refractivity contribution in [1.82, 2.24) is 14.8 Å². The summed E-state index contributed by atoms with van der Waals surface area (Å²) in [6, 6.07) is 11.6. The van der Waals surface area contributed by atoms with Crippen LogP contribution in [0.5, 0.6) is 0 Å². The van der Waals surface area contributed by atoms with Crippen molar-refractivity contribution < 1.29 is 9.18 Å². The van der Waals surface area contributed by atoms with Crippen molar-refractivity contribution in [1.29, 1.82) is 0 Å². The molecule has 9 heteroatoms. The minimum Gasteiger partial charge on any atom is -0.369 e. The summed E-state index contributed by atoms with van der Waals surface area (Å²) >= 11 is 0. The molecule has 2 N–H and O–H groups in total. The van der Waals surface area contributed by atoms with Crippen molar-refractivity contribution >= 4 is 33.9 Å². The van der Waals surface area contributed by atoms with E-state index in [1.165, 1.54) is 18.2 Å². The molecule has 1 amide bonds. The van der Waals surface area contributed by atoms with Gasteiger partial charge >= 0.3 is 0 Å². The Balaban J connectivity index is 1.38. The molecule has 2 saturated heterocycles. The lowest BCUT2D eigenvalue weighted by molar-refractivity contribution is 0.102. The molecule has 8 nitrogen and oxygen atoms in total. The third-order valence-corrected chi connectivity index (χ3v) is 6.97. The number of likely N-dealkylation sites (N-methyl/N-ethyl adjacent to an activating group) is 2. The number of nitrogens with one attached hydrogen (secondary N) is 2. The van der Waals surface area contributed by atoms with E-state index in [0.717, 1.165) is 45.0 Å². The molecule has 0 aliphatic carbocycles. The quantitative estimate of drug-likeness (QED) is 0.600. The van der Waals surface area contributed by atoms with E-state index in [4.69, 9.17) is 0 Å². The molecule has 2 fully saturated rings. The summed E-state index contributed by atoms with van der Waals surface area (Å²) < 4.78 is 14.4. The van der Waals surface area contributed by atoms with Gasteiger partial charge in [-0.3, -0.25) is 9.59 Å². The number of H-pyrrole nitrogens is 1. The number of hydrogen-bond donors (Lipinski definition) is 2. The van der Waals surface area contributed by atoms with E-state index in [2.05, 4.69) is 36.9 Å². The maximum Gasteiger partial charge on any atom is 0.272 e. The summed E-state index contributed by atoms with van der Waals surface area (Å²) in [5.74, 6) is -0.875. The Kier molecular flexibility index (Phi) is 6.44. The van der Waals surface area contributed by atoms with Crippen LogP contribution in [-0.2, 0) is 0 Å². The van der Waals surface area contributed by atoms with Gasteiger partial charge < -0.3 is 29.9 Å². The summed E-state index contributed by atoms with van der Waals surface area (Å²) in [5.41, 5.74) is 2.62. The van der Waals surface area contributed by atoms with Crippen molar-refractivity contribution in [3.05, 3.63) is 64.2 Å². The van der Waals surface area contributed by atoms with Gasteiger partial charge in [0.05, 0.1) is 16.6 Å². The molecule has 2 aliphatic heterocycles. The number of pyridine rings is 1. The highest BCUT2D eigenvalue weighted by Gasteiger charge is 2.20. The zero-order chi connectivity index (χ0) is 24.5. The van der Waals surface area contributed by atoms with Crippen molar-refractivity contribution in [2.45, 2.75) is 0 Å². The Morgan fingerprint density at radius 1 is 0.857 bits per heavy atom. The van der Waals surface area contributed by atoms with E-state index < -0.39 is 11.7 Å². The van der Waals surface area contributed by atoms with Crippen molar-refractivity contribution in [2.24, 2.45) is 0 Å². The van der Waals surface area contributed by atoms with E-state index in [0.29, 0.717) is 30.0 Å². The summed E-state index contributed by atoms with van der Waals surface area (Å²) in [6.07, 6.45) is 0. The molecule has 2 aliphatic rings. The first-order valence-corrected chi connectivity index (χ1v) is 12.0. The smallest absolute Gasteiger partial charge is 0.272 e. The maximum absolute atomic E-state index is 14.4. The number of amides is 1. The highest BCUT2D eigenvalue weighted by molar-refractivity contribution is 6.05. The predicted octanol–water partition coefficient (Wildman–Crippen LogP) is 2.42. The molecule has 0 atom stereocenters. The van der Waals surface area contributed by atoms with Crippen LogP contribution in [0.4, 0.5) is 21.5 Å². The van der Waals surface area contributed by atoms with Gasteiger partial charge in [-0.25, -0.2) is 4.39 Å². The van der Waals surface area contributed by atoms with Crippen LogP contribution in [0.15, 0.2) is 47.3 Å². The van der Waals surface area contributed by atoms with E-state index >= 15 is 0 Å². The molecular weight excluding hydrogens is 447 g/mol. The van der Waals surface area contributed by atoms with Gasteiger partial charge in [0.25, 0.3) is 5.91 Å². The number of fused-ring (bicyclic) bond motifs is 1. The van der Waals surface area contributed by atoms with Crippen LogP contribution in [0.1, 0.15) is 10.5 Å². The number of carbonyl (C=O) groups excluding carboxylic acids is 1. The maximum atomic E-state index is 14.4. The number of hydrogen-bond acceptors (Lipinski definition) is 6. The first kappa shape index (κ1) is 23.3. The Morgan fingerprint density at radius 2 is 1.46 bits per heavy atom. The summed E-state index contributed by atoms with van der Waals surface area (Å²) in [5, 5.41) is 3.12. The van der Waals surface area contributed by atoms with Gasteiger partial charge in [-0.1, -0.05) is 0 Å². The fraction of sp³-hybridized carbons (Fsp3) is 0.385. The Bertz CT molecular complexity index is 1280. The number of benzene rings is 2. The molecule has 35 heavy (non-hydrogen) atoms. The van der Waals surface area contributed by atoms with Gasteiger partial charge in [0, 0.05) is 69.8 Å². The standard InChI is InChI=1S/C26H31FN6O2/c1-30-7-11-32(12-8-30)20-5-3-19(4-6-20)28-26(35)22-17-24(34)21-15-18(27)16-23(25(21)29-22)33-13-9-31(2)10-14-33/h3-6,15-17H,7-14H2,1-2H3,(H,28,35)(H,29,34). The van der Waals surface area contributed by atoms with Gasteiger partial charge in [0.1, 0.15) is 11.5 Å². The van der Waals surface area contributed by atoms with Gasteiger partial charge in [-0.2, -0.15) is 0 Å². The summed E-state index contributed by atoms with van der Waals surface area (Å²) in [4.78, 5) is 37.9. The number of aromatic amines is 1. The molecule has 3 aromatic rings. The number of aromatic nitrogens is 1. The predicted molar refractivity (Wildman–Crippen MR) is 138 cm³/mol. The highest BCUT2D eigenvalue weighted by Crippen LogP contribution is 2.27. The molecule has 1 aromatic heterocycles. The van der Waals surface area contributed by atoms with E-state index in [1.54, 1.807) is 0 Å². The Labute approximate surface area is 203 Å². The van der Waals surface area contributed by atoms with E-state index in [9.17, 15) is 14.0 Å². The average Bonchev–Trinajstić information content (AvgIpc) is 2.85. The normalized spacial score (nSPS) is 17.7. The molecular formula is C26H31FN6O2. The largest absolute Gasteiger partial charge is 0.369 e. The van der Waals surface area contributed by atoms with Gasteiger partial charge in [-0.05, 0) is 50.5 Å². The molecule has 0 unspecified atom stereocenters. The molecule has 0 saturated carbocycles. The van der Waals surface area contributed by atoms with Crippen LogP contribution in [0, 0.1) is 5.82 Å². The Morgan fingerprint density at radius 3 is 2.09 bits per heavy atom. The van der Waals surface area contributed by atoms with Gasteiger partial charge in [-0.15, -0.1) is 0 Å². The van der Waals surface area contributed by atoms with Crippen molar-refractivity contribution in [3.63, 3.8) is 0 Å². The second-order valence-corrected chi connectivity index (χ2v) is 9.48. The lowest BCUT2D eigenvalue weighted by atomic mass is 10.1. The first-order valence-electron chi connectivity index (χ1n) is 12.0. The van der Waals surface area contributed by atoms with Crippen LogP contribution in [0.25, 0.3) is 10.9 Å². The molecule has 184 valence electrons. The van der Waals surface area contributed by atoms with Crippen LogP contribution in [-0.4, -0.2) is 87.1 Å². The second-order valence-electron chi connectivity index (χ2n) is 9.48. The SMILES string of the molecule is CN1CCN(c2ccc(NC(=O)c3cc(=O)c4cc(F)cc(N5CCN(C)CC5)c4[nH]3)cc2)CC1. The summed E-state index contributed by atoms with van der Waals surface area (Å²) in [6.45, 7) is 7.09. The number of nitrogens with zero attached hydrogens (tertiary/aromatic N) is 4. The van der Waals surface area contributed by atoms with Crippen molar-refractivity contribution in [3.8, 4) is 0 Å². The topological polar surface area (TPSA) is 74.9 Å². The van der Waals surface area contributed by atoms with Gasteiger partial charge in [0.2, 0.25) is 0 Å². The van der Waals surface area contributed by atoms with Crippen LogP contribution in [0.3, 0.4) is 0 Å². The van der Waals surface area contributed by atoms with Gasteiger partial charge in [0.15, 0.2) is 5.43 Å². The number of rotatable bonds is 4. The number of carbonyl (C=O) groups is 1. The lowest BCUT2D eigenvalue weighted by Crippen LogP contribution is -2.44. The van der Waals surface area contributed by atoms with E-state index in [1.807, 2.05) is 31.3 Å². The second kappa shape index (κ2) is 9.67. The zero-order valence-electron chi connectivity index (χ0n) is 20.2. The molecule has 5 rings (SSSR count). The number of halogens is 1. The summed E-state index contributed by atoms with van der Waals surface area (Å²) in [7, 11) is 4.17. The minimum absolute atomic E-state index is 0.146. The molecule has 3 heterocycles. The molecule has 0 radical (unpaired) electrons. The lowest BCUT2D eigenvalue weighted by Gasteiger charge is -2.34. The van der Waals surface area contributed by atoms with Crippen LogP contribution < -0.4 is 20.5 Å². The fourth-order valence-electron chi connectivity index (χ4n) is 4.74. The third kappa shape index (κ3) is 5.01. The minimum atomic E-state index is -0.463. The molecule has 2 aromatic carbocycles. The zero-order valence-corrected chi connectivity index (χ0v) is 20.2. The first-order chi connectivity index (χ1) is 16.9. The number of anilines is 3. The monoisotopic (exact) mass is 478 g/mol. The fourth-order valence-corrected chi connectivity index (χ4v) is 4.74. The Hall–Kier alpha value is -3.43. The van der Waals surface area contributed by atoms with Crippen LogP contribution in [0.2, 0.25) is 0 Å². The third-order valence-electron chi connectivity index (χ3n) is 6.97. The molecule has 0 bridgehead atoms. The van der Waals surface area contributed by atoms with E-state index in [-0.39, 0.29) is 16.5 Å². The number of piperazine rings is 2. The highest BCUT2D eigenvalue weighted by atomic mass is 19.1. The average molecular weight is 479 g/mol.